The Hall–Kier alpha value is -6.10. The van der Waals surface area contributed by atoms with Crippen molar-refractivity contribution in [1.82, 2.24) is 0 Å². The molecule has 0 aliphatic carbocycles. The summed E-state index contributed by atoms with van der Waals surface area (Å²) in [5.74, 6) is -4.61. The fraction of sp³-hybridized carbons (Fsp3) is 0.0667. The van der Waals surface area contributed by atoms with Gasteiger partial charge in [0.2, 0.25) is 5.91 Å². The van der Waals surface area contributed by atoms with E-state index in [1.54, 1.807) is 59.1 Å². The molecule has 0 saturated carbocycles. The highest BCUT2D eigenvalue weighted by Crippen LogP contribution is 2.38. The molecule has 8 rings (SSSR count). The van der Waals surface area contributed by atoms with Crippen LogP contribution in [0.2, 0.25) is 0 Å². The summed E-state index contributed by atoms with van der Waals surface area (Å²) in [6, 6.07) is 38.3. The molecule has 0 radical (unpaired) electrons. The number of hydrogen-bond donors (Lipinski definition) is 1. The minimum absolute atomic E-state index is 0.346. The Bertz CT molecular complexity index is 2770. The predicted octanol–water partition coefficient (Wildman–Crippen LogP) is 11.3. The molecule has 2 amide bonds. The second-order valence-electron chi connectivity index (χ2n) is 13.2. The maximum absolute atomic E-state index is 14.3. The van der Waals surface area contributed by atoms with Gasteiger partial charge in [0.1, 0.15) is 6.54 Å². The van der Waals surface area contributed by atoms with Crippen molar-refractivity contribution in [3.8, 4) is 22.3 Å². The predicted molar refractivity (Wildman–Crippen MR) is 214 cm³/mol. The van der Waals surface area contributed by atoms with Crippen LogP contribution in [0.15, 0.2) is 133 Å². The van der Waals surface area contributed by atoms with Crippen LogP contribution in [0.1, 0.15) is 31.2 Å². The lowest BCUT2D eigenvalue weighted by atomic mass is 9.98. The highest BCUT2D eigenvalue weighted by atomic mass is 32.1. The van der Waals surface area contributed by atoms with Crippen molar-refractivity contribution in [2.45, 2.75) is 12.8 Å². The first-order valence-corrected chi connectivity index (χ1v) is 18.9. The fourth-order valence-corrected chi connectivity index (χ4v) is 9.11. The number of amides is 2. The molecule has 0 bridgehead atoms. The highest BCUT2D eigenvalue weighted by molar-refractivity contribution is 7.19. The van der Waals surface area contributed by atoms with Gasteiger partial charge in [0, 0.05) is 54.0 Å². The molecule has 0 aliphatic heterocycles. The number of hydrogen-bond acceptors (Lipinski definition) is 4. The normalized spacial score (nSPS) is 11.3. The van der Waals surface area contributed by atoms with Crippen LogP contribution >= 0.6 is 22.7 Å². The van der Waals surface area contributed by atoms with Gasteiger partial charge in [-0.1, -0.05) is 60.7 Å². The van der Waals surface area contributed by atoms with Crippen LogP contribution < -0.4 is 10.6 Å². The highest BCUT2D eigenvalue weighted by Gasteiger charge is 2.22. The number of halogens is 4. The van der Waals surface area contributed by atoms with Gasteiger partial charge in [0.15, 0.2) is 23.3 Å². The average molecular weight is 771 g/mol. The number of thiophene rings is 2. The molecule has 0 spiro atoms. The van der Waals surface area contributed by atoms with Crippen molar-refractivity contribution < 1.29 is 27.2 Å². The minimum atomic E-state index is -0.885. The third kappa shape index (κ3) is 7.51. The Labute approximate surface area is 321 Å². The van der Waals surface area contributed by atoms with E-state index in [2.05, 4.69) is 0 Å². The van der Waals surface area contributed by atoms with E-state index in [1.807, 2.05) is 72.8 Å². The molecule has 0 atom stereocenters. The summed E-state index contributed by atoms with van der Waals surface area (Å²) in [5, 5.41) is 1.94. The number of rotatable bonds is 10. The first-order valence-electron chi connectivity index (χ1n) is 17.3. The van der Waals surface area contributed by atoms with E-state index in [1.165, 1.54) is 17.0 Å². The van der Waals surface area contributed by atoms with E-state index in [4.69, 9.17) is 5.73 Å². The summed E-state index contributed by atoms with van der Waals surface area (Å²) in [7, 11) is 0. The van der Waals surface area contributed by atoms with E-state index < -0.39 is 35.1 Å². The second-order valence-corrected chi connectivity index (χ2v) is 15.5. The van der Waals surface area contributed by atoms with Crippen LogP contribution in [-0.4, -0.2) is 18.4 Å². The van der Waals surface area contributed by atoms with Gasteiger partial charge in [-0.25, -0.2) is 17.6 Å². The van der Waals surface area contributed by atoms with E-state index in [9.17, 15) is 27.2 Å². The van der Waals surface area contributed by atoms with Crippen LogP contribution in [-0.2, 0) is 17.6 Å². The number of fused-ring (bicyclic) bond motifs is 2. The van der Waals surface area contributed by atoms with Crippen LogP contribution in [0.5, 0.6) is 0 Å². The number of nitrogens with zero attached hydrogens (tertiary/aromatic N) is 1. The quantitative estimate of drug-likeness (QED) is 0.141. The van der Waals surface area contributed by atoms with Crippen LogP contribution in [0, 0.1) is 23.3 Å². The summed E-state index contributed by atoms with van der Waals surface area (Å²) in [6.07, 6.45) is 0.879. The van der Waals surface area contributed by atoms with Gasteiger partial charge in [-0.2, -0.15) is 0 Å². The molecule has 0 saturated heterocycles. The Kier molecular flexibility index (Phi) is 9.77. The molecule has 10 heteroatoms. The Morgan fingerprint density at radius 2 is 1.05 bits per heavy atom. The molecule has 0 aliphatic rings. The van der Waals surface area contributed by atoms with Crippen molar-refractivity contribution in [3.05, 3.63) is 183 Å². The maximum Gasteiger partial charge on any atom is 0.258 e. The van der Waals surface area contributed by atoms with Gasteiger partial charge in [-0.3, -0.25) is 14.5 Å². The number of primary amides is 1. The summed E-state index contributed by atoms with van der Waals surface area (Å²) in [4.78, 5) is 30.0. The number of carbonyl (C=O) groups excluding carboxylic acids is 2. The lowest BCUT2D eigenvalue weighted by Gasteiger charge is -2.22. The van der Waals surface area contributed by atoms with Crippen molar-refractivity contribution in [3.63, 3.8) is 0 Å². The van der Waals surface area contributed by atoms with Crippen LogP contribution in [0.3, 0.4) is 0 Å². The minimum Gasteiger partial charge on any atom is -0.368 e. The van der Waals surface area contributed by atoms with E-state index in [0.717, 1.165) is 64.3 Å². The zero-order chi connectivity index (χ0) is 38.2. The molecule has 272 valence electrons. The zero-order valence-electron chi connectivity index (χ0n) is 29.0. The number of anilines is 1. The summed E-state index contributed by atoms with van der Waals surface area (Å²) >= 11 is 3.13. The molecular formula is C45H30F4N2O2S2. The van der Waals surface area contributed by atoms with E-state index in [0.29, 0.717) is 35.2 Å². The molecular weight excluding hydrogens is 741 g/mol. The van der Waals surface area contributed by atoms with Gasteiger partial charge in [0.05, 0.1) is 0 Å². The Balaban J connectivity index is 1.10. The smallest absolute Gasteiger partial charge is 0.258 e. The van der Waals surface area contributed by atoms with Crippen LogP contribution in [0.4, 0.5) is 23.2 Å². The first kappa shape index (κ1) is 35.9. The Morgan fingerprint density at radius 1 is 0.545 bits per heavy atom. The Morgan fingerprint density at radius 3 is 1.58 bits per heavy atom. The molecule has 6 aromatic carbocycles. The van der Waals surface area contributed by atoms with Gasteiger partial charge < -0.3 is 5.73 Å². The molecule has 0 unspecified atom stereocenters. The molecule has 2 heterocycles. The number of carbonyl (C=O) groups is 2. The number of benzene rings is 6. The lowest BCUT2D eigenvalue weighted by molar-refractivity contribution is -0.116. The summed E-state index contributed by atoms with van der Waals surface area (Å²) < 4.78 is 56.9. The second kappa shape index (κ2) is 15.0. The number of nitrogens with two attached hydrogens (primary N) is 1. The molecule has 8 aromatic rings. The molecule has 0 fully saturated rings. The monoisotopic (exact) mass is 770 g/mol. The van der Waals surface area contributed by atoms with Crippen molar-refractivity contribution in [1.29, 1.82) is 0 Å². The van der Waals surface area contributed by atoms with Crippen LogP contribution in [0.25, 0.3) is 42.4 Å². The first-order chi connectivity index (χ1) is 26.6. The van der Waals surface area contributed by atoms with E-state index >= 15 is 0 Å². The molecule has 55 heavy (non-hydrogen) atoms. The van der Waals surface area contributed by atoms with Gasteiger partial charge >= 0.3 is 0 Å². The lowest BCUT2D eigenvalue weighted by Crippen LogP contribution is -2.38. The molecule has 2 aromatic heterocycles. The van der Waals surface area contributed by atoms with Gasteiger partial charge in [-0.15, -0.1) is 22.7 Å². The molecule has 2 N–H and O–H groups in total. The standard InChI is InChI=1S/C45H30F4N2O2S2/c46-38-15-13-26(19-40(38)48)17-32-23-36-34(9-3-11-42(36)54-32)28-5-1-7-30(21-28)45(53)51(25-44(50)52)31-8-2-6-29(22-31)35-10-4-12-43-37(35)24-33(55-43)18-27-14-16-39(47)41(49)20-27/h1-16,19-24H,17-18,25H2,(H2,50,52). The van der Waals surface area contributed by atoms with Gasteiger partial charge in [-0.05, 0) is 106 Å². The summed E-state index contributed by atoms with van der Waals surface area (Å²) in [5.41, 5.74) is 11.3. The third-order valence-corrected chi connectivity index (χ3v) is 11.6. The summed E-state index contributed by atoms with van der Waals surface area (Å²) in [6.45, 7) is -0.346. The topological polar surface area (TPSA) is 63.4 Å². The average Bonchev–Trinajstić information content (AvgIpc) is 3.80. The van der Waals surface area contributed by atoms with Crippen molar-refractivity contribution >= 4 is 60.3 Å². The zero-order valence-corrected chi connectivity index (χ0v) is 30.6. The van der Waals surface area contributed by atoms with Gasteiger partial charge in [0.25, 0.3) is 5.91 Å². The third-order valence-electron chi connectivity index (χ3n) is 9.40. The largest absolute Gasteiger partial charge is 0.368 e. The molecule has 4 nitrogen and oxygen atoms in total. The maximum atomic E-state index is 14.3. The van der Waals surface area contributed by atoms with Crippen molar-refractivity contribution in [2.24, 2.45) is 5.73 Å². The van der Waals surface area contributed by atoms with Crippen molar-refractivity contribution in [2.75, 3.05) is 11.4 Å². The van der Waals surface area contributed by atoms with E-state index in [-0.39, 0.29) is 6.54 Å². The fourth-order valence-electron chi connectivity index (χ4n) is 6.86. The SMILES string of the molecule is NC(=O)CN(C(=O)c1cccc(-c2cccc3sc(Cc4ccc(F)c(F)c4)cc23)c1)c1cccc(-c2cccc3sc(Cc4ccc(F)c(F)c4)cc23)c1.